The minimum atomic E-state index is -1.51. The third kappa shape index (κ3) is 29.0. The van der Waals surface area contributed by atoms with Gasteiger partial charge in [0.05, 0.1) is 6.61 Å². The Morgan fingerprint density at radius 3 is 1.29 bits per heavy atom. The normalized spacial score (nSPS) is 10.0. The fraction of sp³-hybridized carbons (Fsp3) is 0.857. The maximum Gasteiger partial charge on any atom is 0.417 e. The Hall–Kier alpha value is -1.79. The maximum atomic E-state index is 10.7. The molecule has 0 aliphatic carbocycles. The number of carboxylic acid groups (broad SMARTS) is 1. The predicted molar refractivity (Wildman–Crippen MR) is 114 cm³/mol. The van der Waals surface area contributed by atoms with Crippen molar-refractivity contribution in [2.24, 2.45) is 11.5 Å². The molecule has 7 nitrogen and oxygen atoms in total. The van der Waals surface area contributed by atoms with Crippen LogP contribution in [0.3, 0.4) is 0 Å². The number of hydrogen-bond donors (Lipinski definition) is 4. The molecule has 0 amide bonds. The average Bonchev–Trinajstić information content (AvgIpc) is 2.63. The molecule has 0 saturated carbocycles. The zero-order valence-corrected chi connectivity index (χ0v) is 17.8. The lowest BCUT2D eigenvalue weighted by molar-refractivity contribution is -0.163. The Morgan fingerprint density at radius 2 is 1.00 bits per heavy atom. The summed E-state index contributed by atoms with van der Waals surface area (Å²) in [6, 6.07) is 0. The van der Waals surface area contributed by atoms with Gasteiger partial charge in [-0.1, -0.05) is 103 Å². The molecule has 0 radical (unpaired) electrons. The van der Waals surface area contributed by atoms with Crippen LogP contribution in [0.2, 0.25) is 0 Å². The van der Waals surface area contributed by atoms with Gasteiger partial charge in [0.2, 0.25) is 0 Å². The summed E-state index contributed by atoms with van der Waals surface area (Å²) in [6.07, 6.45) is 20.7. The molecular formula is C21H43N3O4. The summed E-state index contributed by atoms with van der Waals surface area (Å²) >= 11 is 0. The van der Waals surface area contributed by atoms with Crippen LogP contribution in [0, 0.1) is 5.41 Å². The molecule has 0 fully saturated rings. The van der Waals surface area contributed by atoms with Crippen molar-refractivity contribution in [3.63, 3.8) is 0 Å². The Bertz CT molecular complexity index is 386. The monoisotopic (exact) mass is 401 g/mol. The van der Waals surface area contributed by atoms with Crippen molar-refractivity contribution in [2.75, 3.05) is 6.61 Å². The molecule has 0 bridgehead atoms. The average molecular weight is 402 g/mol. The molecule has 0 aromatic rings. The number of ether oxygens (including phenoxy) is 1. The number of esters is 1. The molecule has 0 aromatic heterocycles. The third-order valence-corrected chi connectivity index (χ3v) is 4.41. The van der Waals surface area contributed by atoms with E-state index in [1.54, 1.807) is 0 Å². The lowest BCUT2D eigenvalue weighted by Crippen LogP contribution is -2.20. The highest BCUT2D eigenvalue weighted by atomic mass is 16.6. The number of rotatable bonds is 17. The lowest BCUT2D eigenvalue weighted by Gasteiger charge is -2.04. The van der Waals surface area contributed by atoms with E-state index in [0.29, 0.717) is 0 Å². The highest BCUT2D eigenvalue weighted by Gasteiger charge is 2.11. The van der Waals surface area contributed by atoms with E-state index in [0.717, 1.165) is 19.3 Å². The van der Waals surface area contributed by atoms with E-state index < -0.39 is 11.9 Å². The minimum Gasteiger partial charge on any atom is -0.473 e. The second-order valence-corrected chi connectivity index (χ2v) is 7.20. The number of guanidine groups is 1. The van der Waals surface area contributed by atoms with Gasteiger partial charge in [-0.3, -0.25) is 5.41 Å². The molecule has 0 unspecified atom stereocenters. The first-order valence-electron chi connectivity index (χ1n) is 10.9. The molecular weight excluding hydrogens is 358 g/mol. The van der Waals surface area contributed by atoms with E-state index in [1.807, 2.05) is 0 Å². The van der Waals surface area contributed by atoms with Crippen molar-refractivity contribution in [1.82, 2.24) is 0 Å². The van der Waals surface area contributed by atoms with E-state index in [1.165, 1.54) is 83.5 Å². The summed E-state index contributed by atoms with van der Waals surface area (Å²) < 4.78 is 4.58. The number of carbonyl (C=O) groups is 2. The standard InChI is InChI=1S/C20H38O4.CH5N3/c1-2-3-4-5-6-7-8-9-10-11-12-13-14-15-16-17-18-24-20(23)19(21)22;2-1(3)4/h2-18H2,1H3,(H,21,22);(H5,2,3,4). The Balaban J connectivity index is 0. The number of unbranched alkanes of at least 4 members (excludes halogenated alkanes) is 15. The van der Waals surface area contributed by atoms with E-state index in [9.17, 15) is 9.59 Å². The van der Waals surface area contributed by atoms with E-state index in [2.05, 4.69) is 23.1 Å². The number of nitrogens with one attached hydrogen (secondary N) is 1. The van der Waals surface area contributed by atoms with Crippen molar-refractivity contribution in [3.05, 3.63) is 0 Å². The minimum absolute atomic E-state index is 0.226. The van der Waals surface area contributed by atoms with Gasteiger partial charge in [-0.15, -0.1) is 0 Å². The van der Waals surface area contributed by atoms with Crippen molar-refractivity contribution in [3.8, 4) is 0 Å². The molecule has 0 aliphatic rings. The van der Waals surface area contributed by atoms with Crippen LogP contribution in [-0.2, 0) is 14.3 Å². The first kappa shape index (κ1) is 28.4. The molecule has 6 N–H and O–H groups in total. The SMILES string of the molecule is CCCCCCCCCCCCCCCCCCOC(=O)C(=O)O.N=C(N)N. The molecule has 28 heavy (non-hydrogen) atoms. The van der Waals surface area contributed by atoms with Crippen LogP contribution in [0.25, 0.3) is 0 Å². The van der Waals surface area contributed by atoms with E-state index in [-0.39, 0.29) is 12.6 Å². The third-order valence-electron chi connectivity index (χ3n) is 4.41. The molecule has 0 rings (SSSR count). The predicted octanol–water partition coefficient (Wildman–Crippen LogP) is 4.71. The van der Waals surface area contributed by atoms with Crippen molar-refractivity contribution < 1.29 is 19.4 Å². The van der Waals surface area contributed by atoms with Gasteiger partial charge in [-0.2, -0.15) is 0 Å². The number of carbonyl (C=O) groups excluding carboxylic acids is 1. The Labute approximate surface area is 171 Å². The van der Waals surface area contributed by atoms with Crippen LogP contribution < -0.4 is 11.5 Å². The van der Waals surface area contributed by atoms with Gasteiger partial charge < -0.3 is 21.3 Å². The molecule has 0 aromatic carbocycles. The van der Waals surface area contributed by atoms with Crippen molar-refractivity contribution in [2.45, 2.75) is 110 Å². The second kappa shape index (κ2) is 23.2. The fourth-order valence-corrected chi connectivity index (χ4v) is 2.88. The van der Waals surface area contributed by atoms with Gasteiger partial charge in [-0.25, -0.2) is 9.59 Å². The summed E-state index contributed by atoms with van der Waals surface area (Å²) in [5.74, 6) is -2.98. The summed E-state index contributed by atoms with van der Waals surface area (Å²) in [5, 5.41) is 14.4. The molecule has 0 aliphatic heterocycles. The number of carboxylic acids is 1. The number of nitrogens with two attached hydrogens (primary N) is 2. The summed E-state index contributed by atoms with van der Waals surface area (Å²) in [7, 11) is 0. The highest BCUT2D eigenvalue weighted by molar-refractivity contribution is 6.28. The molecule has 0 atom stereocenters. The van der Waals surface area contributed by atoms with Crippen LogP contribution in [0.1, 0.15) is 110 Å². The van der Waals surface area contributed by atoms with E-state index in [4.69, 9.17) is 10.5 Å². The Kier molecular flexibility index (Phi) is 23.6. The zero-order valence-electron chi connectivity index (χ0n) is 17.8. The second-order valence-electron chi connectivity index (χ2n) is 7.20. The molecule has 0 saturated heterocycles. The zero-order chi connectivity index (χ0) is 21.5. The van der Waals surface area contributed by atoms with Gasteiger partial charge in [-0.05, 0) is 6.42 Å². The van der Waals surface area contributed by atoms with Crippen LogP contribution in [-0.4, -0.2) is 29.6 Å². The van der Waals surface area contributed by atoms with E-state index >= 15 is 0 Å². The highest BCUT2D eigenvalue weighted by Crippen LogP contribution is 2.13. The molecule has 0 heterocycles. The first-order valence-corrected chi connectivity index (χ1v) is 10.9. The van der Waals surface area contributed by atoms with Gasteiger partial charge in [0.25, 0.3) is 0 Å². The summed E-state index contributed by atoms with van der Waals surface area (Å²) in [6.45, 7) is 2.49. The van der Waals surface area contributed by atoms with Gasteiger partial charge in [0.1, 0.15) is 0 Å². The van der Waals surface area contributed by atoms with Crippen LogP contribution in [0.15, 0.2) is 0 Å². The van der Waals surface area contributed by atoms with Gasteiger partial charge >= 0.3 is 11.9 Å². The molecule has 166 valence electrons. The maximum absolute atomic E-state index is 10.7. The summed E-state index contributed by atoms with van der Waals surface area (Å²) in [5.41, 5.74) is 8.94. The van der Waals surface area contributed by atoms with Crippen molar-refractivity contribution >= 4 is 17.9 Å². The summed E-state index contributed by atoms with van der Waals surface area (Å²) in [4.78, 5) is 20.9. The smallest absolute Gasteiger partial charge is 0.417 e. The number of hydrogen-bond acceptors (Lipinski definition) is 4. The van der Waals surface area contributed by atoms with Gasteiger partial charge in [0.15, 0.2) is 5.96 Å². The van der Waals surface area contributed by atoms with Gasteiger partial charge in [0, 0.05) is 0 Å². The molecule has 0 spiro atoms. The van der Waals surface area contributed by atoms with Crippen LogP contribution >= 0.6 is 0 Å². The molecule has 7 heteroatoms. The fourth-order valence-electron chi connectivity index (χ4n) is 2.88. The van der Waals surface area contributed by atoms with Crippen LogP contribution in [0.4, 0.5) is 0 Å². The largest absolute Gasteiger partial charge is 0.473 e. The Morgan fingerprint density at radius 1 is 0.714 bits per heavy atom. The van der Waals surface area contributed by atoms with Crippen LogP contribution in [0.5, 0.6) is 0 Å². The number of aliphatic carboxylic acids is 1. The lowest BCUT2D eigenvalue weighted by atomic mass is 10.0. The first-order chi connectivity index (χ1) is 13.4. The quantitative estimate of drug-likeness (QED) is 0.0914. The van der Waals surface area contributed by atoms with Crippen molar-refractivity contribution in [1.29, 1.82) is 5.41 Å². The topological polar surface area (TPSA) is 139 Å².